The van der Waals surface area contributed by atoms with E-state index in [4.69, 9.17) is 4.74 Å². The number of hydrogen-bond acceptors (Lipinski definition) is 5. The largest absolute Gasteiger partial charge is 0.497 e. The normalized spacial score (nSPS) is 11.4. The van der Waals surface area contributed by atoms with Gasteiger partial charge < -0.3 is 4.74 Å². The first-order valence-electron chi connectivity index (χ1n) is 8.16. The predicted octanol–water partition coefficient (Wildman–Crippen LogP) is 4.15. The molecular weight excluding hydrogens is 353 g/mol. The second kappa shape index (κ2) is 6.17. The van der Waals surface area contributed by atoms with Crippen molar-refractivity contribution in [3.63, 3.8) is 0 Å². The summed E-state index contributed by atoms with van der Waals surface area (Å²) in [6.45, 7) is 4.37. The molecule has 5 nitrogen and oxygen atoms in total. The van der Waals surface area contributed by atoms with Crippen molar-refractivity contribution in [3.05, 3.63) is 52.3 Å². The van der Waals surface area contributed by atoms with Crippen LogP contribution < -0.4 is 10.3 Å². The van der Waals surface area contributed by atoms with Gasteiger partial charge >= 0.3 is 0 Å². The van der Waals surface area contributed by atoms with E-state index in [1.54, 1.807) is 17.0 Å². The molecule has 0 saturated carbocycles. The number of ether oxygens (including phenoxy) is 1. The lowest BCUT2D eigenvalue weighted by Gasteiger charge is -2.07. The molecule has 0 aliphatic rings. The fourth-order valence-corrected chi connectivity index (χ4v) is 4.03. The molecule has 0 aliphatic carbocycles. The summed E-state index contributed by atoms with van der Waals surface area (Å²) in [6, 6.07) is 6.84. The maximum atomic E-state index is 14.3. The Morgan fingerprint density at radius 2 is 2.04 bits per heavy atom. The Hall–Kier alpha value is -2.80. The summed E-state index contributed by atoms with van der Waals surface area (Å²) in [5.74, 6) is 0.0170. The van der Waals surface area contributed by atoms with E-state index < -0.39 is 5.82 Å². The van der Waals surface area contributed by atoms with E-state index in [2.05, 4.69) is 9.97 Å². The summed E-state index contributed by atoms with van der Waals surface area (Å²) in [5, 5.41) is 1.17. The molecule has 132 valence electrons. The van der Waals surface area contributed by atoms with Gasteiger partial charge in [-0.3, -0.25) is 9.36 Å². The molecule has 2 aromatic heterocycles. The number of hydrogen-bond donors (Lipinski definition) is 0. The molecule has 26 heavy (non-hydrogen) atoms. The Kier molecular flexibility index (Phi) is 3.96. The minimum atomic E-state index is -0.430. The summed E-state index contributed by atoms with van der Waals surface area (Å²) in [6.07, 6.45) is 1.54. The number of fused-ring (bicyclic) bond motifs is 2. The van der Waals surface area contributed by atoms with Gasteiger partial charge in [0.15, 0.2) is 5.82 Å². The molecule has 0 atom stereocenters. The van der Waals surface area contributed by atoms with E-state index in [1.165, 1.54) is 24.5 Å². The summed E-state index contributed by atoms with van der Waals surface area (Å²) in [4.78, 5) is 21.6. The van der Waals surface area contributed by atoms with Gasteiger partial charge in [-0.25, -0.2) is 14.4 Å². The number of benzene rings is 2. The van der Waals surface area contributed by atoms with Crippen LogP contribution in [0.2, 0.25) is 0 Å². The average molecular weight is 369 g/mol. The Bertz CT molecular complexity index is 1210. The van der Waals surface area contributed by atoms with Gasteiger partial charge in [0.25, 0.3) is 5.56 Å². The van der Waals surface area contributed by atoms with Crippen molar-refractivity contribution >= 4 is 32.5 Å². The number of methoxy groups -OCH3 is 1. The molecule has 0 N–H and O–H groups in total. The lowest BCUT2D eigenvalue weighted by atomic mass is 10.1. The van der Waals surface area contributed by atoms with E-state index in [1.807, 2.05) is 26.0 Å². The first kappa shape index (κ1) is 16.7. The van der Waals surface area contributed by atoms with Crippen molar-refractivity contribution in [1.82, 2.24) is 14.5 Å². The van der Waals surface area contributed by atoms with Crippen LogP contribution in [-0.4, -0.2) is 21.6 Å². The molecule has 4 rings (SSSR count). The highest BCUT2D eigenvalue weighted by Crippen LogP contribution is 2.36. The number of aryl methyl sites for hydroxylation is 2. The molecule has 0 aliphatic heterocycles. The van der Waals surface area contributed by atoms with Gasteiger partial charge in [-0.1, -0.05) is 0 Å². The lowest BCUT2D eigenvalue weighted by Crippen LogP contribution is -2.19. The van der Waals surface area contributed by atoms with E-state index in [-0.39, 0.29) is 5.56 Å². The summed E-state index contributed by atoms with van der Waals surface area (Å²) >= 11 is 1.35. The zero-order valence-corrected chi connectivity index (χ0v) is 15.4. The van der Waals surface area contributed by atoms with Gasteiger partial charge in [-0.05, 0) is 37.6 Å². The minimum absolute atomic E-state index is 0.0867. The van der Waals surface area contributed by atoms with Gasteiger partial charge in [0, 0.05) is 18.2 Å². The quantitative estimate of drug-likeness (QED) is 0.544. The lowest BCUT2D eigenvalue weighted by molar-refractivity contribution is 0.412. The Morgan fingerprint density at radius 1 is 1.23 bits per heavy atom. The Balaban J connectivity index is 2.02. The summed E-state index contributed by atoms with van der Waals surface area (Å²) in [7, 11) is 1.50. The maximum absolute atomic E-state index is 14.3. The van der Waals surface area contributed by atoms with Gasteiger partial charge in [0.2, 0.25) is 0 Å². The zero-order valence-electron chi connectivity index (χ0n) is 14.5. The average Bonchev–Trinajstić information content (AvgIpc) is 3.06. The topological polar surface area (TPSA) is 57.0 Å². The molecule has 2 heterocycles. The van der Waals surface area contributed by atoms with Crippen LogP contribution in [-0.2, 0) is 6.54 Å². The first-order valence-corrected chi connectivity index (χ1v) is 8.97. The third kappa shape index (κ3) is 2.55. The number of nitrogens with zero attached hydrogens (tertiary/aromatic N) is 3. The van der Waals surface area contributed by atoms with Crippen LogP contribution in [0.25, 0.3) is 31.7 Å². The number of thiazole rings is 1. The number of halogens is 1. The summed E-state index contributed by atoms with van der Waals surface area (Å²) < 4.78 is 21.7. The molecule has 0 spiro atoms. The van der Waals surface area contributed by atoms with Gasteiger partial charge in [-0.2, -0.15) is 0 Å². The van der Waals surface area contributed by atoms with Crippen LogP contribution >= 0.6 is 11.3 Å². The van der Waals surface area contributed by atoms with Crippen molar-refractivity contribution in [3.8, 4) is 16.3 Å². The van der Waals surface area contributed by atoms with Crippen molar-refractivity contribution in [2.24, 2.45) is 0 Å². The van der Waals surface area contributed by atoms with Crippen molar-refractivity contribution in [2.45, 2.75) is 20.4 Å². The summed E-state index contributed by atoms with van der Waals surface area (Å²) in [5.41, 5.74) is 2.45. The molecule has 0 fully saturated rings. The highest BCUT2D eigenvalue weighted by Gasteiger charge is 2.16. The Labute approximate surface area is 152 Å². The van der Waals surface area contributed by atoms with Gasteiger partial charge in [0.1, 0.15) is 16.3 Å². The first-order chi connectivity index (χ1) is 12.5. The molecule has 2 aromatic carbocycles. The van der Waals surface area contributed by atoms with Gasteiger partial charge in [0.05, 0.1) is 29.0 Å². The molecule has 0 amide bonds. The van der Waals surface area contributed by atoms with E-state index >= 15 is 0 Å². The van der Waals surface area contributed by atoms with Crippen LogP contribution in [0.1, 0.15) is 12.5 Å². The monoisotopic (exact) mass is 369 g/mol. The van der Waals surface area contributed by atoms with Crippen LogP contribution in [0.15, 0.2) is 35.4 Å². The van der Waals surface area contributed by atoms with E-state index in [9.17, 15) is 9.18 Å². The zero-order chi connectivity index (χ0) is 18.4. The number of aromatic nitrogens is 3. The predicted molar refractivity (Wildman–Crippen MR) is 102 cm³/mol. The molecule has 0 saturated heterocycles. The third-order valence-electron chi connectivity index (χ3n) is 4.30. The Morgan fingerprint density at radius 3 is 2.77 bits per heavy atom. The second-order valence-corrected chi connectivity index (χ2v) is 7.05. The molecule has 0 unspecified atom stereocenters. The number of rotatable bonds is 3. The highest BCUT2D eigenvalue weighted by atomic mass is 32.1. The highest BCUT2D eigenvalue weighted by molar-refractivity contribution is 7.21. The van der Waals surface area contributed by atoms with Crippen molar-refractivity contribution in [1.29, 1.82) is 0 Å². The molecule has 7 heteroatoms. The van der Waals surface area contributed by atoms with Crippen LogP contribution in [0.3, 0.4) is 0 Å². The smallest absolute Gasteiger partial charge is 0.261 e. The van der Waals surface area contributed by atoms with Crippen molar-refractivity contribution < 1.29 is 9.13 Å². The van der Waals surface area contributed by atoms with E-state index in [0.29, 0.717) is 38.4 Å². The SMILES string of the molecule is CCn1cnc2c(-c3nc4c(F)cc(OC)cc4s3)cc(C)cc2c1=O. The van der Waals surface area contributed by atoms with E-state index in [0.717, 1.165) is 11.1 Å². The third-order valence-corrected chi connectivity index (χ3v) is 5.34. The molecule has 4 aromatic rings. The van der Waals surface area contributed by atoms with Crippen molar-refractivity contribution in [2.75, 3.05) is 7.11 Å². The minimum Gasteiger partial charge on any atom is -0.497 e. The molecule has 0 bridgehead atoms. The molecule has 0 radical (unpaired) electrons. The fourth-order valence-electron chi connectivity index (χ4n) is 3.00. The maximum Gasteiger partial charge on any atom is 0.261 e. The van der Waals surface area contributed by atoms with Crippen LogP contribution in [0.4, 0.5) is 4.39 Å². The van der Waals surface area contributed by atoms with Crippen LogP contribution in [0, 0.1) is 12.7 Å². The standard InChI is InChI=1S/C19H16FN3O2S/c1-4-23-9-21-16-12(5-10(2)6-13(16)19(23)24)18-22-17-14(20)7-11(25-3)8-15(17)26-18/h5-9H,4H2,1-3H3. The second-order valence-electron chi connectivity index (χ2n) is 6.02. The fraction of sp³-hybridized carbons (Fsp3) is 0.211. The van der Waals surface area contributed by atoms with Gasteiger partial charge in [-0.15, -0.1) is 11.3 Å². The van der Waals surface area contributed by atoms with Crippen LogP contribution in [0.5, 0.6) is 5.75 Å². The molecular formula is C19H16FN3O2S.